The SMILES string of the molecule is Cc1c(NC(=O)c2cc3n(n2)CCC[C@@H]3N2CC[C@@H](C(=O)O)C2)cccc1B1OC(C)(C)C(C)(C)O1. The van der Waals surface area contributed by atoms with Crippen LogP contribution in [0.2, 0.25) is 0 Å². The number of likely N-dealkylation sites (tertiary alicyclic amines) is 1. The second-order valence-electron chi connectivity index (χ2n) is 11.2. The second-order valence-corrected chi connectivity index (χ2v) is 11.2. The highest BCUT2D eigenvalue weighted by atomic mass is 16.7. The van der Waals surface area contributed by atoms with Gasteiger partial charge in [0.15, 0.2) is 5.69 Å². The summed E-state index contributed by atoms with van der Waals surface area (Å²) in [5.41, 5.74) is 2.93. The molecule has 2 aromatic rings. The largest absolute Gasteiger partial charge is 0.495 e. The number of carboxylic acids is 1. The summed E-state index contributed by atoms with van der Waals surface area (Å²) in [7, 11) is -0.511. The Morgan fingerprint density at radius 3 is 2.53 bits per heavy atom. The molecule has 2 fully saturated rings. The number of nitrogens with one attached hydrogen (secondary N) is 1. The van der Waals surface area contributed by atoms with Crippen LogP contribution in [0.5, 0.6) is 0 Å². The van der Waals surface area contributed by atoms with Crippen LogP contribution in [0, 0.1) is 12.8 Å². The van der Waals surface area contributed by atoms with Gasteiger partial charge < -0.3 is 19.7 Å². The van der Waals surface area contributed by atoms with Crippen molar-refractivity contribution < 1.29 is 24.0 Å². The number of carbonyl (C=O) groups is 2. The molecule has 0 spiro atoms. The van der Waals surface area contributed by atoms with Gasteiger partial charge in [-0.15, -0.1) is 0 Å². The lowest BCUT2D eigenvalue weighted by Crippen LogP contribution is -2.41. The molecule has 0 radical (unpaired) electrons. The summed E-state index contributed by atoms with van der Waals surface area (Å²) in [6, 6.07) is 7.68. The number of rotatable bonds is 5. The van der Waals surface area contributed by atoms with E-state index >= 15 is 0 Å². The number of carboxylic acid groups (broad SMARTS) is 1. The maximum absolute atomic E-state index is 13.3. The summed E-state index contributed by atoms with van der Waals surface area (Å²) in [5, 5.41) is 17.0. The summed E-state index contributed by atoms with van der Waals surface area (Å²) in [4.78, 5) is 26.9. The number of nitrogens with zero attached hydrogens (tertiary/aromatic N) is 3. The van der Waals surface area contributed by atoms with Crippen LogP contribution < -0.4 is 10.8 Å². The summed E-state index contributed by atoms with van der Waals surface area (Å²) in [5.74, 6) is -1.33. The smallest absolute Gasteiger partial charge is 0.481 e. The molecule has 2 atom stereocenters. The number of aromatic nitrogens is 2. The molecular formula is C26H35BN4O5. The minimum absolute atomic E-state index is 0.0885. The van der Waals surface area contributed by atoms with Crippen LogP contribution >= 0.6 is 0 Å². The second kappa shape index (κ2) is 9.01. The number of anilines is 1. The third-order valence-corrected chi connectivity index (χ3v) is 8.37. The Kier molecular flexibility index (Phi) is 6.25. The van der Waals surface area contributed by atoms with Crippen LogP contribution in [0.1, 0.15) is 74.7 Å². The molecule has 2 saturated heterocycles. The van der Waals surface area contributed by atoms with Crippen molar-refractivity contribution in [3.63, 3.8) is 0 Å². The van der Waals surface area contributed by atoms with Crippen molar-refractivity contribution in [1.82, 2.24) is 14.7 Å². The first kappa shape index (κ1) is 25.0. The first-order chi connectivity index (χ1) is 17.0. The summed E-state index contributed by atoms with van der Waals surface area (Å²) < 4.78 is 14.4. The van der Waals surface area contributed by atoms with Crippen molar-refractivity contribution in [2.24, 2.45) is 5.92 Å². The number of hydrogen-bond donors (Lipinski definition) is 2. The van der Waals surface area contributed by atoms with E-state index in [9.17, 15) is 14.7 Å². The molecule has 0 aliphatic carbocycles. The van der Waals surface area contributed by atoms with E-state index in [0.29, 0.717) is 24.3 Å². The molecular weight excluding hydrogens is 459 g/mol. The average molecular weight is 494 g/mol. The standard InChI is InChI=1S/C26H35BN4O5/c1-16-18(27-35-25(2,3)26(4,5)36-27)8-6-9-19(16)28-23(32)20-14-22-21(10-7-12-31(22)29-20)30-13-11-17(15-30)24(33)34/h6,8-9,14,17,21H,7,10-13,15H2,1-5H3,(H,28,32)(H,33,34)/t17-,21+/m1/s1. The van der Waals surface area contributed by atoms with E-state index in [-0.39, 0.29) is 17.9 Å². The number of amides is 1. The van der Waals surface area contributed by atoms with E-state index < -0.39 is 24.3 Å². The molecule has 9 nitrogen and oxygen atoms in total. The van der Waals surface area contributed by atoms with Crippen LogP contribution in [0.15, 0.2) is 24.3 Å². The van der Waals surface area contributed by atoms with E-state index in [2.05, 4.69) is 15.3 Å². The number of hydrogen-bond acceptors (Lipinski definition) is 6. The Hall–Kier alpha value is -2.69. The predicted molar refractivity (Wildman–Crippen MR) is 136 cm³/mol. The Morgan fingerprint density at radius 2 is 1.86 bits per heavy atom. The molecule has 3 aliphatic rings. The van der Waals surface area contributed by atoms with E-state index in [1.807, 2.05) is 63.6 Å². The first-order valence-corrected chi connectivity index (χ1v) is 12.8. The van der Waals surface area contributed by atoms with Gasteiger partial charge >= 0.3 is 13.1 Å². The van der Waals surface area contributed by atoms with Crippen molar-refractivity contribution >= 4 is 30.1 Å². The molecule has 1 aromatic heterocycles. The van der Waals surface area contributed by atoms with Gasteiger partial charge in [-0.1, -0.05) is 12.1 Å². The number of fused-ring (bicyclic) bond motifs is 1. The van der Waals surface area contributed by atoms with Crippen LogP contribution in [0.3, 0.4) is 0 Å². The minimum atomic E-state index is -0.736. The van der Waals surface area contributed by atoms with Crippen molar-refractivity contribution in [1.29, 1.82) is 0 Å². The van der Waals surface area contributed by atoms with Gasteiger partial charge in [0.25, 0.3) is 5.91 Å². The summed E-state index contributed by atoms with van der Waals surface area (Å²) in [6.07, 6.45) is 2.55. The Balaban J connectivity index is 1.33. The van der Waals surface area contributed by atoms with Crippen molar-refractivity contribution in [2.45, 2.75) is 77.7 Å². The number of benzene rings is 1. The highest BCUT2D eigenvalue weighted by molar-refractivity contribution is 6.62. The monoisotopic (exact) mass is 494 g/mol. The molecule has 2 N–H and O–H groups in total. The van der Waals surface area contributed by atoms with Crippen LogP contribution in [-0.2, 0) is 20.6 Å². The fourth-order valence-corrected chi connectivity index (χ4v) is 5.41. The van der Waals surface area contributed by atoms with E-state index in [4.69, 9.17) is 9.31 Å². The van der Waals surface area contributed by atoms with Gasteiger partial charge in [0.2, 0.25) is 0 Å². The van der Waals surface area contributed by atoms with Gasteiger partial charge in [-0.05, 0) is 83.6 Å². The van der Waals surface area contributed by atoms with Gasteiger partial charge in [0.05, 0.1) is 28.9 Å². The number of aliphatic carboxylic acids is 1. The predicted octanol–water partition coefficient (Wildman–Crippen LogP) is 2.98. The lowest BCUT2D eigenvalue weighted by molar-refractivity contribution is -0.141. The van der Waals surface area contributed by atoms with Gasteiger partial charge in [0.1, 0.15) is 0 Å². The Morgan fingerprint density at radius 1 is 1.14 bits per heavy atom. The van der Waals surface area contributed by atoms with Gasteiger partial charge in [-0.3, -0.25) is 19.2 Å². The lowest BCUT2D eigenvalue weighted by Gasteiger charge is -2.32. The molecule has 4 heterocycles. The van der Waals surface area contributed by atoms with Crippen molar-refractivity contribution in [3.05, 3.63) is 41.2 Å². The highest BCUT2D eigenvalue weighted by Crippen LogP contribution is 2.37. The third kappa shape index (κ3) is 4.35. The van der Waals surface area contributed by atoms with Crippen LogP contribution in [0.25, 0.3) is 0 Å². The lowest BCUT2D eigenvalue weighted by atomic mass is 9.76. The van der Waals surface area contributed by atoms with Crippen LogP contribution in [-0.4, -0.2) is 63.1 Å². The molecule has 10 heteroatoms. The summed E-state index contributed by atoms with van der Waals surface area (Å²) >= 11 is 0. The molecule has 0 unspecified atom stereocenters. The highest BCUT2D eigenvalue weighted by Gasteiger charge is 2.52. The maximum atomic E-state index is 13.3. The zero-order valence-corrected chi connectivity index (χ0v) is 21.7. The zero-order valence-electron chi connectivity index (χ0n) is 21.7. The van der Waals surface area contributed by atoms with Gasteiger partial charge in [0, 0.05) is 18.8 Å². The van der Waals surface area contributed by atoms with E-state index in [1.165, 1.54) is 0 Å². The number of aryl methyl sites for hydroxylation is 1. The topological polar surface area (TPSA) is 106 Å². The molecule has 0 bridgehead atoms. The fraction of sp³-hybridized carbons (Fsp3) is 0.577. The fourth-order valence-electron chi connectivity index (χ4n) is 5.41. The normalized spacial score (nSPS) is 25.1. The quantitative estimate of drug-likeness (QED) is 0.616. The minimum Gasteiger partial charge on any atom is -0.481 e. The molecule has 1 aromatic carbocycles. The first-order valence-electron chi connectivity index (χ1n) is 12.8. The Labute approximate surface area is 212 Å². The maximum Gasteiger partial charge on any atom is 0.495 e. The Bertz CT molecular complexity index is 1180. The molecule has 3 aliphatic heterocycles. The van der Waals surface area contributed by atoms with Gasteiger partial charge in [-0.25, -0.2) is 0 Å². The third-order valence-electron chi connectivity index (χ3n) is 8.37. The van der Waals surface area contributed by atoms with Crippen molar-refractivity contribution in [3.8, 4) is 0 Å². The van der Waals surface area contributed by atoms with E-state index in [0.717, 1.165) is 42.7 Å². The zero-order chi connectivity index (χ0) is 25.8. The molecule has 36 heavy (non-hydrogen) atoms. The average Bonchev–Trinajstić information content (AvgIpc) is 3.51. The summed E-state index contributed by atoms with van der Waals surface area (Å²) in [6.45, 7) is 12.1. The van der Waals surface area contributed by atoms with E-state index in [1.54, 1.807) is 0 Å². The van der Waals surface area contributed by atoms with Crippen LogP contribution in [0.4, 0.5) is 5.69 Å². The van der Waals surface area contributed by atoms with Gasteiger partial charge in [-0.2, -0.15) is 5.10 Å². The molecule has 192 valence electrons. The molecule has 1 amide bonds. The van der Waals surface area contributed by atoms with Crippen molar-refractivity contribution in [2.75, 3.05) is 18.4 Å². The molecule has 5 rings (SSSR count). The number of carbonyl (C=O) groups excluding carboxylic acids is 1. The molecule has 0 saturated carbocycles.